The minimum absolute atomic E-state index is 0. The number of halogens is 2. The molecule has 0 bridgehead atoms. The summed E-state index contributed by atoms with van der Waals surface area (Å²) in [6, 6.07) is 4.04. The topological polar surface area (TPSA) is 58.7 Å². The van der Waals surface area contributed by atoms with Crippen molar-refractivity contribution in [2.45, 2.75) is 58.2 Å². The highest BCUT2D eigenvalue weighted by Gasteiger charge is 2.35. The van der Waals surface area contributed by atoms with Gasteiger partial charge in [-0.2, -0.15) is 0 Å². The van der Waals surface area contributed by atoms with Gasteiger partial charge in [0, 0.05) is 18.5 Å². The van der Waals surface area contributed by atoms with E-state index in [1.807, 2.05) is 13.0 Å². The normalized spacial score (nSPS) is 23.7. The number of ether oxygens (including phenoxy) is 1. The molecule has 2 heterocycles. The van der Waals surface area contributed by atoms with E-state index in [2.05, 4.69) is 17.9 Å². The lowest BCUT2D eigenvalue weighted by Gasteiger charge is -2.40. The Morgan fingerprint density at radius 2 is 1.92 bits per heavy atom. The third-order valence-corrected chi connectivity index (χ3v) is 5.81. The van der Waals surface area contributed by atoms with Crippen molar-refractivity contribution < 1.29 is 9.84 Å². The zero-order valence-corrected chi connectivity index (χ0v) is 17.6. The molecule has 0 unspecified atom stereocenters. The van der Waals surface area contributed by atoms with E-state index >= 15 is 0 Å². The van der Waals surface area contributed by atoms with Gasteiger partial charge in [0.15, 0.2) is 0 Å². The van der Waals surface area contributed by atoms with E-state index in [0.29, 0.717) is 18.2 Å². The lowest BCUT2D eigenvalue weighted by Crippen LogP contribution is -2.42. The van der Waals surface area contributed by atoms with E-state index < -0.39 is 0 Å². The summed E-state index contributed by atoms with van der Waals surface area (Å²) in [5, 5.41) is 10.5. The Morgan fingerprint density at radius 1 is 1.23 bits per heavy atom. The van der Waals surface area contributed by atoms with Crippen molar-refractivity contribution in [2.75, 3.05) is 26.2 Å². The maximum Gasteiger partial charge on any atom is 0.122 e. The first-order valence-electron chi connectivity index (χ1n) is 9.53. The highest BCUT2D eigenvalue weighted by atomic mass is 35.5. The molecule has 0 spiro atoms. The third-order valence-electron chi connectivity index (χ3n) is 5.81. The van der Waals surface area contributed by atoms with Crippen LogP contribution < -0.4 is 5.73 Å². The SMILES string of the molecule is CCCCN1CCC([C@@H]2Cc3c(ccc(C)c3O)[C@H](CN)O2)CC1.Cl.Cl. The van der Waals surface area contributed by atoms with E-state index in [0.717, 1.165) is 23.1 Å². The number of phenols is 1. The van der Waals surface area contributed by atoms with Gasteiger partial charge in [0.25, 0.3) is 0 Å². The molecule has 150 valence electrons. The number of hydrogen-bond acceptors (Lipinski definition) is 4. The lowest BCUT2D eigenvalue weighted by molar-refractivity contribution is -0.0647. The van der Waals surface area contributed by atoms with Crippen LogP contribution in [0.5, 0.6) is 5.75 Å². The third kappa shape index (κ3) is 5.05. The van der Waals surface area contributed by atoms with Crippen LogP contribution in [-0.4, -0.2) is 42.3 Å². The fourth-order valence-electron chi connectivity index (χ4n) is 4.21. The summed E-state index contributed by atoms with van der Waals surface area (Å²) in [6.45, 7) is 8.25. The van der Waals surface area contributed by atoms with Crippen LogP contribution >= 0.6 is 24.8 Å². The van der Waals surface area contributed by atoms with Gasteiger partial charge in [-0.05, 0) is 62.9 Å². The predicted octanol–water partition coefficient (Wildman–Crippen LogP) is 4.00. The molecule has 2 aliphatic rings. The van der Waals surface area contributed by atoms with Gasteiger partial charge >= 0.3 is 0 Å². The number of aryl methyl sites for hydroxylation is 1. The molecule has 4 nitrogen and oxygen atoms in total. The fourth-order valence-corrected chi connectivity index (χ4v) is 4.21. The van der Waals surface area contributed by atoms with Gasteiger partial charge in [0.2, 0.25) is 0 Å². The van der Waals surface area contributed by atoms with Crippen LogP contribution in [0.25, 0.3) is 0 Å². The smallest absolute Gasteiger partial charge is 0.122 e. The van der Waals surface area contributed by atoms with Crippen molar-refractivity contribution in [3.8, 4) is 5.75 Å². The predicted molar refractivity (Wildman–Crippen MR) is 112 cm³/mol. The molecule has 0 aromatic heterocycles. The fraction of sp³-hybridized carbons (Fsp3) is 0.700. The summed E-state index contributed by atoms with van der Waals surface area (Å²) in [4.78, 5) is 2.58. The van der Waals surface area contributed by atoms with Crippen molar-refractivity contribution in [1.82, 2.24) is 4.90 Å². The molecule has 2 atom stereocenters. The quantitative estimate of drug-likeness (QED) is 0.778. The maximum atomic E-state index is 10.5. The number of unbranched alkanes of at least 4 members (excludes halogenated alkanes) is 1. The average Bonchev–Trinajstić information content (AvgIpc) is 2.62. The lowest BCUT2D eigenvalue weighted by atomic mass is 9.83. The molecule has 3 N–H and O–H groups in total. The van der Waals surface area contributed by atoms with E-state index in [1.54, 1.807) is 0 Å². The Kier molecular flexibility index (Phi) is 9.70. The van der Waals surface area contributed by atoms with E-state index in [1.165, 1.54) is 45.3 Å². The molecule has 0 amide bonds. The van der Waals surface area contributed by atoms with Gasteiger partial charge in [-0.15, -0.1) is 24.8 Å². The molecular weight excluding hydrogens is 371 g/mol. The monoisotopic (exact) mass is 404 g/mol. The molecule has 3 rings (SSSR count). The van der Waals surface area contributed by atoms with Gasteiger partial charge in [-0.3, -0.25) is 0 Å². The van der Waals surface area contributed by atoms with Gasteiger partial charge in [0.1, 0.15) is 5.75 Å². The first-order chi connectivity index (χ1) is 11.6. The van der Waals surface area contributed by atoms with Crippen LogP contribution in [0.4, 0.5) is 0 Å². The van der Waals surface area contributed by atoms with Crippen LogP contribution in [0.3, 0.4) is 0 Å². The summed E-state index contributed by atoms with van der Waals surface area (Å²) in [6.07, 6.45) is 5.86. The minimum atomic E-state index is -0.0802. The molecule has 0 radical (unpaired) electrons. The zero-order chi connectivity index (χ0) is 17.1. The Morgan fingerprint density at radius 3 is 2.54 bits per heavy atom. The molecule has 26 heavy (non-hydrogen) atoms. The van der Waals surface area contributed by atoms with Gasteiger partial charge in [0.05, 0.1) is 12.2 Å². The van der Waals surface area contributed by atoms with E-state index in [4.69, 9.17) is 10.5 Å². The minimum Gasteiger partial charge on any atom is -0.507 e. The van der Waals surface area contributed by atoms with Gasteiger partial charge in [-0.1, -0.05) is 25.5 Å². The Bertz CT molecular complexity index is 563. The Hall–Kier alpha value is -0.520. The largest absolute Gasteiger partial charge is 0.507 e. The number of likely N-dealkylation sites (tertiary alicyclic amines) is 1. The number of nitrogens with two attached hydrogens (primary N) is 1. The first-order valence-corrected chi connectivity index (χ1v) is 9.53. The average molecular weight is 405 g/mol. The van der Waals surface area contributed by atoms with Crippen LogP contribution in [0.15, 0.2) is 12.1 Å². The van der Waals surface area contributed by atoms with Crippen molar-refractivity contribution >= 4 is 24.8 Å². The molecule has 0 aliphatic carbocycles. The van der Waals surface area contributed by atoms with Crippen molar-refractivity contribution in [3.63, 3.8) is 0 Å². The molecule has 2 aliphatic heterocycles. The van der Waals surface area contributed by atoms with E-state index in [9.17, 15) is 5.11 Å². The first kappa shape index (κ1) is 23.5. The maximum absolute atomic E-state index is 10.5. The number of hydrogen-bond donors (Lipinski definition) is 2. The molecule has 1 aromatic carbocycles. The highest BCUT2D eigenvalue weighted by molar-refractivity contribution is 5.85. The number of benzene rings is 1. The second-order valence-electron chi connectivity index (χ2n) is 7.43. The molecule has 1 aromatic rings. The summed E-state index contributed by atoms with van der Waals surface area (Å²) >= 11 is 0. The van der Waals surface area contributed by atoms with Crippen molar-refractivity contribution in [3.05, 3.63) is 28.8 Å². The number of rotatable bonds is 5. The van der Waals surface area contributed by atoms with Crippen LogP contribution in [0, 0.1) is 12.8 Å². The van der Waals surface area contributed by atoms with Gasteiger partial charge < -0.3 is 20.5 Å². The highest BCUT2D eigenvalue weighted by Crippen LogP contribution is 2.40. The molecule has 0 saturated carbocycles. The second-order valence-corrected chi connectivity index (χ2v) is 7.43. The number of piperidine rings is 1. The summed E-state index contributed by atoms with van der Waals surface area (Å²) in [5.41, 5.74) is 9.05. The second kappa shape index (κ2) is 10.7. The van der Waals surface area contributed by atoms with Crippen molar-refractivity contribution in [1.29, 1.82) is 0 Å². The number of phenolic OH excluding ortho intramolecular Hbond substituents is 1. The molecular formula is C20H34Cl2N2O2. The van der Waals surface area contributed by atoms with Crippen molar-refractivity contribution in [2.24, 2.45) is 11.7 Å². The van der Waals surface area contributed by atoms with Gasteiger partial charge in [-0.25, -0.2) is 0 Å². The molecule has 1 fully saturated rings. The van der Waals surface area contributed by atoms with Crippen LogP contribution in [0.1, 0.15) is 55.4 Å². The molecule has 1 saturated heterocycles. The number of fused-ring (bicyclic) bond motifs is 1. The zero-order valence-electron chi connectivity index (χ0n) is 15.9. The standard InChI is InChI=1S/C20H32N2O2.2ClH/c1-3-4-9-22-10-7-15(8-11-22)18-12-17-16(19(13-21)24-18)6-5-14(2)20(17)23;;/h5-6,15,18-19,23H,3-4,7-13,21H2,1-2H3;2*1H/t18-,19-;;/m0../s1. The van der Waals surface area contributed by atoms with Crippen LogP contribution in [-0.2, 0) is 11.2 Å². The van der Waals surface area contributed by atoms with Crippen LogP contribution in [0.2, 0.25) is 0 Å². The summed E-state index contributed by atoms with van der Waals surface area (Å²) in [7, 11) is 0. The summed E-state index contributed by atoms with van der Waals surface area (Å²) in [5.74, 6) is 1.02. The van der Waals surface area contributed by atoms with E-state index in [-0.39, 0.29) is 37.0 Å². The number of nitrogens with zero attached hydrogens (tertiary/aromatic N) is 1. The number of aromatic hydroxyl groups is 1. The summed E-state index contributed by atoms with van der Waals surface area (Å²) < 4.78 is 6.36. The Labute approximate surface area is 170 Å². The molecule has 6 heteroatoms. The Balaban J connectivity index is 0.00000169.